The minimum absolute atomic E-state index is 0.253. The van der Waals surface area contributed by atoms with Gasteiger partial charge >= 0.3 is 0 Å². The normalized spacial score (nSPS) is 12.3. The summed E-state index contributed by atoms with van der Waals surface area (Å²) in [7, 11) is 0.825. The molecule has 0 spiro atoms. The summed E-state index contributed by atoms with van der Waals surface area (Å²) in [5, 5.41) is 0. The lowest BCUT2D eigenvalue weighted by molar-refractivity contribution is 0.166. The quantitative estimate of drug-likeness (QED) is 0.458. The van der Waals surface area contributed by atoms with E-state index in [0.29, 0.717) is 0 Å². The molecule has 0 aliphatic heterocycles. The molecule has 62 valence electrons. The van der Waals surface area contributed by atoms with Crippen LogP contribution < -0.4 is 0 Å². The Hall–Kier alpha value is 0.467. The predicted octanol–water partition coefficient (Wildman–Crippen LogP) is 1.33. The summed E-state index contributed by atoms with van der Waals surface area (Å²) in [5.74, 6) is 0.724. The van der Waals surface area contributed by atoms with Gasteiger partial charge in [-0.05, 0) is 12.8 Å². The summed E-state index contributed by atoms with van der Waals surface area (Å²) in [6, 6.07) is 0. The highest BCUT2D eigenvalue weighted by Gasteiger charge is 2.24. The molecule has 1 nitrogen and oxygen atoms in total. The number of halogens is 1. The molecule has 0 rings (SSSR count). The maximum absolute atomic E-state index is 5.84. The van der Waals surface area contributed by atoms with Crippen LogP contribution in [0.2, 0.25) is 0 Å². The zero-order valence-electron chi connectivity index (χ0n) is 7.11. The molecular weight excluding hydrogens is 164 g/mol. The summed E-state index contributed by atoms with van der Waals surface area (Å²) in [4.78, 5) is 0. The lowest BCUT2D eigenvalue weighted by Crippen LogP contribution is -2.26. The third-order valence-electron chi connectivity index (χ3n) is 2.23. The molecule has 0 heterocycles. The average Bonchev–Trinajstić information content (AvgIpc) is 2.01. The van der Waals surface area contributed by atoms with Gasteiger partial charge in [-0.25, -0.2) is 0 Å². The van der Waals surface area contributed by atoms with Gasteiger partial charge in [-0.15, -0.1) is 11.6 Å². The number of hydrogen-bond donors (Lipinski definition) is 0. The van der Waals surface area contributed by atoms with E-state index in [1.54, 1.807) is 0 Å². The fourth-order valence-electron chi connectivity index (χ4n) is 0.988. The van der Waals surface area contributed by atoms with E-state index in [2.05, 4.69) is 13.8 Å². The highest BCUT2D eigenvalue weighted by Crippen LogP contribution is 2.27. The van der Waals surface area contributed by atoms with Gasteiger partial charge in [0.15, 0.2) is 0 Å². The minimum atomic E-state index is 0.253. The minimum Gasteiger partial charge on any atom is -0.427 e. The first-order chi connectivity index (χ1) is 4.74. The van der Waals surface area contributed by atoms with Gasteiger partial charge in [0.05, 0.1) is 0 Å². The monoisotopic (exact) mass is 180 g/mol. The van der Waals surface area contributed by atoms with Crippen LogP contribution in [0.5, 0.6) is 0 Å². The molecule has 0 saturated carbocycles. The second-order valence-corrected chi connectivity index (χ2v) is 3.62. The van der Waals surface area contributed by atoms with Crippen molar-refractivity contribution < 1.29 is 4.43 Å². The summed E-state index contributed by atoms with van der Waals surface area (Å²) in [5.41, 5.74) is 0.253. The van der Waals surface area contributed by atoms with E-state index in [-0.39, 0.29) is 5.41 Å². The summed E-state index contributed by atoms with van der Waals surface area (Å²) >= 11 is 5.84. The van der Waals surface area contributed by atoms with E-state index in [0.717, 1.165) is 35.8 Å². The van der Waals surface area contributed by atoms with E-state index in [1.807, 2.05) is 0 Å². The van der Waals surface area contributed by atoms with Crippen molar-refractivity contribution >= 4 is 22.1 Å². The maximum Gasteiger partial charge on any atom is 0.145 e. The van der Waals surface area contributed by atoms with Crippen molar-refractivity contribution in [3.05, 3.63) is 0 Å². The molecule has 0 aromatic heterocycles. The van der Waals surface area contributed by atoms with Gasteiger partial charge in [0.2, 0.25) is 0 Å². The molecule has 0 saturated heterocycles. The summed E-state index contributed by atoms with van der Waals surface area (Å²) < 4.78 is 5.23. The SMILES string of the molecule is CCC(CC)(CCl)CO[SiH3]. The Kier molecular flexibility index (Phi) is 5.40. The van der Waals surface area contributed by atoms with Crippen LogP contribution in [0.15, 0.2) is 0 Å². The second-order valence-electron chi connectivity index (χ2n) is 2.77. The molecule has 0 aromatic carbocycles. The van der Waals surface area contributed by atoms with E-state index < -0.39 is 0 Å². The van der Waals surface area contributed by atoms with Gasteiger partial charge in [-0.3, -0.25) is 0 Å². The van der Waals surface area contributed by atoms with Gasteiger partial charge in [0.25, 0.3) is 0 Å². The molecule has 0 radical (unpaired) electrons. The van der Waals surface area contributed by atoms with Crippen LogP contribution >= 0.6 is 11.6 Å². The van der Waals surface area contributed by atoms with E-state index in [4.69, 9.17) is 16.0 Å². The summed E-state index contributed by atoms with van der Waals surface area (Å²) in [6.07, 6.45) is 2.24. The molecule has 0 N–H and O–H groups in total. The number of alkyl halides is 1. The first-order valence-electron chi connectivity index (χ1n) is 3.79. The van der Waals surface area contributed by atoms with E-state index >= 15 is 0 Å². The molecule has 0 aliphatic carbocycles. The van der Waals surface area contributed by atoms with Crippen molar-refractivity contribution in [3.8, 4) is 0 Å². The van der Waals surface area contributed by atoms with Crippen LogP contribution in [-0.2, 0) is 4.43 Å². The third kappa shape index (κ3) is 2.60. The zero-order chi connectivity index (χ0) is 8.04. The zero-order valence-corrected chi connectivity index (χ0v) is 9.87. The molecule has 0 bridgehead atoms. The molecule has 0 fully saturated rings. The Morgan fingerprint density at radius 1 is 1.40 bits per heavy atom. The van der Waals surface area contributed by atoms with Gasteiger partial charge in [-0.2, -0.15) is 0 Å². The fraction of sp³-hybridized carbons (Fsp3) is 1.00. The van der Waals surface area contributed by atoms with Crippen molar-refractivity contribution in [1.29, 1.82) is 0 Å². The van der Waals surface area contributed by atoms with Crippen LogP contribution in [0.3, 0.4) is 0 Å². The second kappa shape index (κ2) is 5.16. The first kappa shape index (κ1) is 10.5. The van der Waals surface area contributed by atoms with Crippen molar-refractivity contribution in [3.63, 3.8) is 0 Å². The molecule has 0 aromatic rings. The highest BCUT2D eigenvalue weighted by atomic mass is 35.5. The van der Waals surface area contributed by atoms with Crippen molar-refractivity contribution in [2.75, 3.05) is 12.5 Å². The fourth-order valence-corrected chi connectivity index (χ4v) is 2.06. The van der Waals surface area contributed by atoms with Crippen LogP contribution in [0.25, 0.3) is 0 Å². The Bertz CT molecular complexity index is 75.4. The lowest BCUT2D eigenvalue weighted by Gasteiger charge is -2.28. The topological polar surface area (TPSA) is 9.23 Å². The van der Waals surface area contributed by atoms with E-state index in [1.165, 1.54) is 0 Å². The standard InChI is InChI=1S/C7H17ClOSi/c1-3-7(4-2,5-8)6-9-10/h3-6H2,1-2,10H3. The lowest BCUT2D eigenvalue weighted by atomic mass is 9.86. The van der Waals surface area contributed by atoms with Gasteiger partial charge < -0.3 is 4.43 Å². The molecule has 0 atom stereocenters. The third-order valence-corrected chi connectivity index (χ3v) is 3.09. The molecule has 0 aliphatic rings. The Balaban J connectivity index is 3.87. The van der Waals surface area contributed by atoms with Gasteiger partial charge in [0, 0.05) is 17.9 Å². The Labute approximate surface area is 71.6 Å². The summed E-state index contributed by atoms with van der Waals surface area (Å²) in [6.45, 7) is 5.19. The van der Waals surface area contributed by atoms with E-state index in [9.17, 15) is 0 Å². The van der Waals surface area contributed by atoms with Crippen molar-refractivity contribution in [2.24, 2.45) is 5.41 Å². The molecular formula is C7H17ClOSi. The van der Waals surface area contributed by atoms with Crippen molar-refractivity contribution in [2.45, 2.75) is 26.7 Å². The Morgan fingerprint density at radius 2 is 1.90 bits per heavy atom. The van der Waals surface area contributed by atoms with Crippen LogP contribution in [0.1, 0.15) is 26.7 Å². The van der Waals surface area contributed by atoms with Gasteiger partial charge in [-0.1, -0.05) is 13.8 Å². The number of rotatable bonds is 5. The molecule has 3 heteroatoms. The average molecular weight is 181 g/mol. The van der Waals surface area contributed by atoms with Crippen molar-refractivity contribution in [1.82, 2.24) is 0 Å². The van der Waals surface area contributed by atoms with Crippen LogP contribution in [0, 0.1) is 5.41 Å². The first-order valence-corrected chi connectivity index (χ1v) is 5.14. The predicted molar refractivity (Wildman–Crippen MR) is 49.6 cm³/mol. The molecule has 10 heavy (non-hydrogen) atoms. The maximum atomic E-state index is 5.84. The largest absolute Gasteiger partial charge is 0.427 e. The number of hydrogen-bond acceptors (Lipinski definition) is 1. The highest BCUT2D eigenvalue weighted by molar-refractivity contribution is 6.18. The van der Waals surface area contributed by atoms with Crippen LogP contribution in [-0.4, -0.2) is 23.0 Å². The smallest absolute Gasteiger partial charge is 0.145 e. The van der Waals surface area contributed by atoms with Crippen LogP contribution in [0.4, 0.5) is 0 Å². The Morgan fingerprint density at radius 3 is 2.00 bits per heavy atom. The van der Waals surface area contributed by atoms with Gasteiger partial charge in [0.1, 0.15) is 10.5 Å². The molecule has 0 unspecified atom stereocenters. The molecule has 0 amide bonds.